The van der Waals surface area contributed by atoms with Crippen LogP contribution in [0.4, 0.5) is 0 Å². The van der Waals surface area contributed by atoms with Gasteiger partial charge in [0.2, 0.25) is 26.0 Å². The molecule has 0 aliphatic carbocycles. The number of halogens is 1. The molecule has 1 aliphatic rings. The van der Waals surface area contributed by atoms with Crippen LogP contribution in [-0.4, -0.2) is 46.2 Å². The van der Waals surface area contributed by atoms with Crippen LogP contribution in [0.25, 0.3) is 0 Å². The molecule has 3 aromatic carbocycles. The second-order valence-electron chi connectivity index (χ2n) is 8.79. The molecule has 1 heterocycles. The lowest BCUT2D eigenvalue weighted by Gasteiger charge is -2.19. The van der Waals surface area contributed by atoms with Gasteiger partial charge in [0.05, 0.1) is 9.79 Å². The summed E-state index contributed by atoms with van der Waals surface area (Å²) in [4.78, 5) is 13.4. The molecule has 1 saturated heterocycles. The number of nitrogens with one attached hydrogen (secondary N) is 2. The molecule has 0 bridgehead atoms. The Morgan fingerprint density at radius 2 is 1.41 bits per heavy atom. The summed E-state index contributed by atoms with van der Waals surface area (Å²) in [6, 6.07) is 20.6. The van der Waals surface area contributed by atoms with E-state index in [1.165, 1.54) is 28.6 Å². The lowest BCUT2D eigenvalue weighted by Crippen LogP contribution is -2.47. The first-order valence-corrected chi connectivity index (χ1v) is 15.6. The molecule has 0 spiro atoms. The van der Waals surface area contributed by atoms with Gasteiger partial charge in [-0.3, -0.25) is 4.79 Å². The Bertz CT molecular complexity index is 1420. The fraction of sp³-hybridized carbons (Fsp3) is 0.269. The minimum atomic E-state index is -3.96. The summed E-state index contributed by atoms with van der Waals surface area (Å²) in [5.41, 5.74) is 1.50. The van der Waals surface area contributed by atoms with Gasteiger partial charge in [0.25, 0.3) is 0 Å². The highest BCUT2D eigenvalue weighted by atomic mass is 79.9. The standard InChI is InChI=1S/C26H28BrN3O5S2/c27-22-10-14-23(15-11-22)36(32,33)29-25(18-20-6-2-1-3-7-20)26(31)28-19-21-8-12-24(13-9-21)37(34,35)30-16-4-5-17-30/h1-3,6-15,25,29H,4-5,16-19H2,(H,28,31). The van der Waals surface area contributed by atoms with Crippen LogP contribution in [0.15, 0.2) is 93.1 Å². The molecule has 11 heteroatoms. The zero-order valence-corrected chi connectivity index (χ0v) is 23.2. The van der Waals surface area contributed by atoms with Crippen LogP contribution < -0.4 is 10.0 Å². The average Bonchev–Trinajstić information content (AvgIpc) is 3.44. The number of amides is 1. The highest BCUT2D eigenvalue weighted by Gasteiger charge is 2.28. The topological polar surface area (TPSA) is 113 Å². The predicted molar refractivity (Wildman–Crippen MR) is 145 cm³/mol. The van der Waals surface area contributed by atoms with Crippen LogP contribution in [0.2, 0.25) is 0 Å². The van der Waals surface area contributed by atoms with Gasteiger partial charge < -0.3 is 5.32 Å². The molecule has 0 saturated carbocycles. The van der Waals surface area contributed by atoms with Crippen molar-refractivity contribution in [2.45, 2.75) is 41.6 Å². The molecule has 1 unspecified atom stereocenters. The molecule has 3 aromatic rings. The average molecular weight is 607 g/mol. The monoisotopic (exact) mass is 605 g/mol. The van der Waals surface area contributed by atoms with E-state index in [1.807, 2.05) is 30.3 Å². The van der Waals surface area contributed by atoms with E-state index in [0.29, 0.717) is 18.7 Å². The largest absolute Gasteiger partial charge is 0.351 e. The zero-order valence-electron chi connectivity index (χ0n) is 20.0. The number of sulfonamides is 2. The van der Waals surface area contributed by atoms with Crippen molar-refractivity contribution in [1.82, 2.24) is 14.3 Å². The Morgan fingerprint density at radius 3 is 2.03 bits per heavy atom. The number of rotatable bonds is 10. The smallest absolute Gasteiger partial charge is 0.243 e. The Kier molecular flexibility index (Phi) is 8.81. The van der Waals surface area contributed by atoms with Crippen LogP contribution >= 0.6 is 15.9 Å². The highest BCUT2D eigenvalue weighted by Crippen LogP contribution is 2.21. The molecule has 1 aliphatic heterocycles. The number of benzene rings is 3. The third kappa shape index (κ3) is 7.05. The quantitative estimate of drug-likeness (QED) is 0.367. The van der Waals surface area contributed by atoms with Crippen LogP contribution in [0.5, 0.6) is 0 Å². The van der Waals surface area contributed by atoms with Gasteiger partial charge in [0.1, 0.15) is 6.04 Å². The van der Waals surface area contributed by atoms with Gasteiger partial charge >= 0.3 is 0 Å². The number of nitrogens with zero attached hydrogens (tertiary/aromatic N) is 1. The van der Waals surface area contributed by atoms with Crippen molar-refractivity contribution in [3.8, 4) is 0 Å². The van der Waals surface area contributed by atoms with E-state index in [0.717, 1.165) is 22.9 Å². The molecule has 8 nitrogen and oxygen atoms in total. The van der Waals surface area contributed by atoms with Crippen molar-refractivity contribution in [3.05, 3.63) is 94.5 Å². The maximum atomic E-state index is 13.1. The number of hydrogen-bond acceptors (Lipinski definition) is 5. The zero-order chi connectivity index (χ0) is 26.5. The van der Waals surface area contributed by atoms with Crippen molar-refractivity contribution in [3.63, 3.8) is 0 Å². The summed E-state index contributed by atoms with van der Waals surface area (Å²) in [7, 11) is -7.48. The summed E-state index contributed by atoms with van der Waals surface area (Å²) in [6.45, 7) is 1.17. The number of carbonyl (C=O) groups excluding carboxylic acids is 1. The third-order valence-electron chi connectivity index (χ3n) is 6.11. The van der Waals surface area contributed by atoms with E-state index < -0.39 is 32.0 Å². The van der Waals surface area contributed by atoms with Gasteiger partial charge in [-0.25, -0.2) is 16.8 Å². The second-order valence-corrected chi connectivity index (χ2v) is 13.4. The molecular weight excluding hydrogens is 578 g/mol. The summed E-state index contributed by atoms with van der Waals surface area (Å²) in [5, 5.41) is 2.78. The van der Waals surface area contributed by atoms with Crippen molar-refractivity contribution in [2.24, 2.45) is 0 Å². The Hall–Kier alpha value is -2.57. The predicted octanol–water partition coefficient (Wildman–Crippen LogP) is 3.44. The van der Waals surface area contributed by atoms with E-state index in [4.69, 9.17) is 0 Å². The van der Waals surface area contributed by atoms with Crippen molar-refractivity contribution in [2.75, 3.05) is 13.1 Å². The Balaban J connectivity index is 1.46. The van der Waals surface area contributed by atoms with Crippen molar-refractivity contribution >= 4 is 41.9 Å². The lowest BCUT2D eigenvalue weighted by atomic mass is 10.1. The normalized spacial score (nSPS) is 15.4. The van der Waals surface area contributed by atoms with Gasteiger partial charge in [-0.2, -0.15) is 9.03 Å². The number of hydrogen-bond donors (Lipinski definition) is 2. The summed E-state index contributed by atoms with van der Waals surface area (Å²) in [6.07, 6.45) is 1.88. The molecule has 4 rings (SSSR count). The Labute approximate surface area is 226 Å². The maximum absolute atomic E-state index is 13.1. The molecule has 0 radical (unpaired) electrons. The minimum absolute atomic E-state index is 0.0522. The molecule has 1 fully saturated rings. The van der Waals surface area contributed by atoms with Crippen molar-refractivity contribution in [1.29, 1.82) is 0 Å². The fourth-order valence-corrected chi connectivity index (χ4v) is 7.05. The summed E-state index contributed by atoms with van der Waals surface area (Å²) < 4.78 is 56.2. The SMILES string of the molecule is O=C(NCc1ccc(S(=O)(=O)N2CCCC2)cc1)C(Cc1ccccc1)NS(=O)(=O)c1ccc(Br)cc1. The van der Waals surface area contributed by atoms with E-state index in [-0.39, 0.29) is 22.8 Å². The fourth-order valence-electron chi connectivity index (χ4n) is 4.08. The third-order valence-corrected chi connectivity index (χ3v) is 10.0. The van der Waals surface area contributed by atoms with Gasteiger partial charge in [-0.1, -0.05) is 58.4 Å². The summed E-state index contributed by atoms with van der Waals surface area (Å²) >= 11 is 3.29. The van der Waals surface area contributed by atoms with Crippen molar-refractivity contribution < 1.29 is 21.6 Å². The van der Waals surface area contributed by atoms with Gasteiger partial charge in [0.15, 0.2) is 0 Å². The van der Waals surface area contributed by atoms with E-state index in [9.17, 15) is 21.6 Å². The molecular formula is C26H28BrN3O5S2. The molecule has 196 valence electrons. The first kappa shape index (κ1) is 27.5. The molecule has 1 amide bonds. The van der Waals surface area contributed by atoms with E-state index in [1.54, 1.807) is 24.3 Å². The molecule has 37 heavy (non-hydrogen) atoms. The van der Waals surface area contributed by atoms with Crippen LogP contribution in [0.3, 0.4) is 0 Å². The molecule has 0 aromatic heterocycles. The first-order chi connectivity index (χ1) is 17.6. The minimum Gasteiger partial charge on any atom is -0.351 e. The first-order valence-electron chi connectivity index (χ1n) is 11.8. The van der Waals surface area contributed by atoms with Crippen LogP contribution in [0, 0.1) is 0 Å². The molecule has 2 N–H and O–H groups in total. The van der Waals surface area contributed by atoms with E-state index >= 15 is 0 Å². The summed E-state index contributed by atoms with van der Waals surface area (Å²) in [5.74, 6) is -0.488. The second kappa shape index (κ2) is 11.9. The van der Waals surface area contributed by atoms with Gasteiger partial charge in [-0.15, -0.1) is 0 Å². The highest BCUT2D eigenvalue weighted by molar-refractivity contribution is 9.10. The van der Waals surface area contributed by atoms with Crippen LogP contribution in [0.1, 0.15) is 24.0 Å². The number of carbonyl (C=O) groups is 1. The Morgan fingerprint density at radius 1 is 0.811 bits per heavy atom. The van der Waals surface area contributed by atoms with Gasteiger partial charge in [0, 0.05) is 24.1 Å². The maximum Gasteiger partial charge on any atom is 0.243 e. The van der Waals surface area contributed by atoms with E-state index in [2.05, 4.69) is 26.0 Å². The van der Waals surface area contributed by atoms with Gasteiger partial charge in [-0.05, 0) is 66.8 Å². The van der Waals surface area contributed by atoms with Crippen LogP contribution in [-0.2, 0) is 37.8 Å². The lowest BCUT2D eigenvalue weighted by molar-refractivity contribution is -0.122. The molecule has 1 atom stereocenters.